The molecule has 6 nitrogen and oxygen atoms in total. The molecule has 0 saturated heterocycles. The predicted octanol–water partition coefficient (Wildman–Crippen LogP) is 3.09. The second kappa shape index (κ2) is 6.93. The van der Waals surface area contributed by atoms with Gasteiger partial charge < -0.3 is 14.7 Å². The Morgan fingerprint density at radius 1 is 1.28 bits per heavy atom. The van der Waals surface area contributed by atoms with Crippen molar-refractivity contribution in [2.45, 2.75) is 32.3 Å². The van der Waals surface area contributed by atoms with Crippen LogP contribution in [0.4, 0.5) is 5.69 Å². The molecule has 0 fully saturated rings. The minimum Gasteiger partial charge on any atom is -0.489 e. The monoisotopic (exact) mass is 340 g/mol. The number of pyridine rings is 1. The van der Waals surface area contributed by atoms with E-state index in [-0.39, 0.29) is 12.0 Å². The Bertz CT molecular complexity index is 804. The van der Waals surface area contributed by atoms with Gasteiger partial charge in [0.1, 0.15) is 5.75 Å². The first-order valence-electron chi connectivity index (χ1n) is 8.22. The van der Waals surface area contributed by atoms with Crippen molar-refractivity contribution < 1.29 is 19.4 Å². The summed E-state index contributed by atoms with van der Waals surface area (Å²) in [5.74, 6) is -1.13. The van der Waals surface area contributed by atoms with Gasteiger partial charge in [0.05, 0.1) is 23.8 Å². The van der Waals surface area contributed by atoms with Crippen LogP contribution in [0.2, 0.25) is 0 Å². The van der Waals surface area contributed by atoms with Gasteiger partial charge in [-0.25, -0.2) is 0 Å². The molecule has 2 heterocycles. The van der Waals surface area contributed by atoms with E-state index in [9.17, 15) is 14.7 Å². The van der Waals surface area contributed by atoms with Gasteiger partial charge in [-0.1, -0.05) is 18.2 Å². The summed E-state index contributed by atoms with van der Waals surface area (Å²) in [5.41, 5.74) is 1.72. The number of nitrogens with zero attached hydrogens (tertiary/aromatic N) is 2. The van der Waals surface area contributed by atoms with Crippen molar-refractivity contribution in [2.75, 3.05) is 11.4 Å². The van der Waals surface area contributed by atoms with Gasteiger partial charge in [-0.2, -0.15) is 0 Å². The fraction of sp³-hybridized carbons (Fsp3) is 0.316. The number of benzene rings is 1. The molecule has 1 aliphatic rings. The first kappa shape index (κ1) is 17.0. The molecule has 25 heavy (non-hydrogen) atoms. The van der Waals surface area contributed by atoms with Gasteiger partial charge in [0.15, 0.2) is 0 Å². The molecule has 0 radical (unpaired) electrons. The predicted molar refractivity (Wildman–Crippen MR) is 93.1 cm³/mol. The number of aromatic nitrogens is 1. The summed E-state index contributed by atoms with van der Waals surface area (Å²) in [6.07, 6.45) is 3.44. The van der Waals surface area contributed by atoms with Crippen molar-refractivity contribution >= 4 is 17.6 Å². The molecule has 6 heteroatoms. The maximum atomic E-state index is 13.0. The fourth-order valence-electron chi connectivity index (χ4n) is 3.06. The number of aliphatic carboxylic acids is 1. The summed E-state index contributed by atoms with van der Waals surface area (Å²) in [6.45, 7) is 4.16. The zero-order valence-corrected chi connectivity index (χ0v) is 14.2. The number of carbonyl (C=O) groups excluding carboxylic acids is 1. The third-order valence-electron chi connectivity index (χ3n) is 4.12. The van der Waals surface area contributed by atoms with Crippen LogP contribution in [-0.4, -0.2) is 34.6 Å². The van der Waals surface area contributed by atoms with E-state index in [4.69, 9.17) is 4.74 Å². The smallest absolute Gasteiger partial charge is 0.311 e. The summed E-state index contributed by atoms with van der Waals surface area (Å²) >= 11 is 0. The Balaban J connectivity index is 1.93. The Hall–Kier alpha value is -2.89. The number of hydrogen-bond acceptors (Lipinski definition) is 4. The molecular formula is C19H20N2O4. The third kappa shape index (κ3) is 3.47. The fourth-order valence-corrected chi connectivity index (χ4v) is 3.06. The molecular weight excluding hydrogens is 320 g/mol. The average Bonchev–Trinajstić information content (AvgIpc) is 2.59. The number of carboxylic acid groups (broad SMARTS) is 1. The highest BCUT2D eigenvalue weighted by Crippen LogP contribution is 2.36. The lowest BCUT2D eigenvalue weighted by atomic mass is 9.89. The van der Waals surface area contributed by atoms with Crippen molar-refractivity contribution in [3.05, 3.63) is 53.9 Å². The highest BCUT2D eigenvalue weighted by atomic mass is 16.5. The molecule has 1 unspecified atom stereocenters. The SMILES string of the molecule is CC(C)Oc1cncc(C(=O)N2CCC(C(=O)O)c3ccccc32)c1. The maximum absolute atomic E-state index is 13.0. The van der Waals surface area contributed by atoms with Gasteiger partial charge in [0.25, 0.3) is 5.91 Å². The topological polar surface area (TPSA) is 79.7 Å². The molecule has 2 aromatic rings. The number of carboxylic acids is 1. The van der Waals surface area contributed by atoms with Crippen LogP contribution in [-0.2, 0) is 4.79 Å². The molecule has 1 aliphatic heterocycles. The van der Waals surface area contributed by atoms with Crippen LogP contribution >= 0.6 is 0 Å². The Morgan fingerprint density at radius 3 is 2.76 bits per heavy atom. The summed E-state index contributed by atoms with van der Waals surface area (Å²) in [7, 11) is 0. The van der Waals surface area contributed by atoms with E-state index in [1.54, 1.807) is 41.4 Å². The molecule has 0 saturated carbocycles. The summed E-state index contributed by atoms with van der Waals surface area (Å²) < 4.78 is 5.60. The first-order valence-corrected chi connectivity index (χ1v) is 8.22. The number of fused-ring (bicyclic) bond motifs is 1. The Morgan fingerprint density at radius 2 is 2.04 bits per heavy atom. The summed E-state index contributed by atoms with van der Waals surface area (Å²) in [5, 5.41) is 9.42. The van der Waals surface area contributed by atoms with Gasteiger partial charge in [-0.15, -0.1) is 0 Å². The van der Waals surface area contributed by atoms with Crippen molar-refractivity contribution in [2.24, 2.45) is 0 Å². The molecule has 0 bridgehead atoms. The van der Waals surface area contributed by atoms with Crippen LogP contribution in [0.25, 0.3) is 0 Å². The quantitative estimate of drug-likeness (QED) is 0.925. The normalized spacial score (nSPS) is 16.4. The largest absolute Gasteiger partial charge is 0.489 e. The van der Waals surface area contributed by atoms with E-state index in [1.807, 2.05) is 13.8 Å². The number of anilines is 1. The molecule has 1 aromatic carbocycles. The highest BCUT2D eigenvalue weighted by molar-refractivity contribution is 6.07. The van der Waals surface area contributed by atoms with Gasteiger partial charge in [-0.3, -0.25) is 14.6 Å². The summed E-state index contributed by atoms with van der Waals surface area (Å²) in [6, 6.07) is 8.82. The molecule has 1 N–H and O–H groups in total. The summed E-state index contributed by atoms with van der Waals surface area (Å²) in [4.78, 5) is 30.1. The van der Waals surface area contributed by atoms with Crippen molar-refractivity contribution in [3.63, 3.8) is 0 Å². The molecule has 1 aromatic heterocycles. The Labute approximate surface area is 146 Å². The lowest BCUT2D eigenvalue weighted by molar-refractivity contribution is -0.139. The van der Waals surface area contributed by atoms with E-state index in [1.165, 1.54) is 6.20 Å². The molecule has 130 valence electrons. The zero-order chi connectivity index (χ0) is 18.0. The molecule has 1 amide bonds. The van der Waals surface area contributed by atoms with E-state index in [0.29, 0.717) is 35.5 Å². The number of amides is 1. The third-order valence-corrected chi connectivity index (χ3v) is 4.12. The van der Waals surface area contributed by atoms with Gasteiger partial charge in [0, 0.05) is 18.4 Å². The standard InChI is InChI=1S/C19H20N2O4/c1-12(2)25-14-9-13(10-20-11-14)18(22)21-8-7-16(19(23)24)15-5-3-4-6-17(15)21/h3-6,9-12,16H,7-8H2,1-2H3,(H,23,24). The second-order valence-corrected chi connectivity index (χ2v) is 6.27. The Kier molecular flexibility index (Phi) is 4.70. The molecule has 1 atom stereocenters. The van der Waals surface area contributed by atoms with Crippen molar-refractivity contribution in [1.29, 1.82) is 0 Å². The van der Waals surface area contributed by atoms with E-state index >= 15 is 0 Å². The minimum absolute atomic E-state index is 0.0146. The second-order valence-electron chi connectivity index (χ2n) is 6.27. The maximum Gasteiger partial charge on any atom is 0.311 e. The van der Waals surface area contributed by atoms with Crippen molar-refractivity contribution in [3.8, 4) is 5.75 Å². The number of carbonyl (C=O) groups is 2. The number of rotatable bonds is 4. The number of hydrogen-bond donors (Lipinski definition) is 1. The van der Waals surface area contributed by atoms with E-state index < -0.39 is 11.9 Å². The lowest BCUT2D eigenvalue weighted by Gasteiger charge is -2.32. The highest BCUT2D eigenvalue weighted by Gasteiger charge is 2.32. The van der Waals surface area contributed by atoms with Crippen LogP contribution in [0.5, 0.6) is 5.75 Å². The van der Waals surface area contributed by atoms with E-state index in [2.05, 4.69) is 4.98 Å². The molecule has 3 rings (SSSR count). The van der Waals surface area contributed by atoms with Crippen LogP contribution in [0, 0.1) is 0 Å². The van der Waals surface area contributed by atoms with Gasteiger partial charge >= 0.3 is 5.97 Å². The van der Waals surface area contributed by atoms with Crippen LogP contribution in [0.15, 0.2) is 42.7 Å². The van der Waals surface area contributed by atoms with Gasteiger partial charge in [-0.05, 0) is 38.0 Å². The van der Waals surface area contributed by atoms with Crippen LogP contribution in [0.1, 0.15) is 42.1 Å². The zero-order valence-electron chi connectivity index (χ0n) is 14.2. The van der Waals surface area contributed by atoms with Crippen LogP contribution in [0.3, 0.4) is 0 Å². The first-order chi connectivity index (χ1) is 12.0. The lowest BCUT2D eigenvalue weighted by Crippen LogP contribution is -2.38. The van der Waals surface area contributed by atoms with E-state index in [0.717, 1.165) is 0 Å². The van der Waals surface area contributed by atoms with Crippen molar-refractivity contribution in [1.82, 2.24) is 4.98 Å². The number of ether oxygens (including phenoxy) is 1. The average molecular weight is 340 g/mol. The van der Waals surface area contributed by atoms with Crippen LogP contribution < -0.4 is 9.64 Å². The van der Waals surface area contributed by atoms with Gasteiger partial charge in [0.2, 0.25) is 0 Å². The minimum atomic E-state index is -0.867. The number of para-hydroxylation sites is 1. The molecule has 0 aliphatic carbocycles. The molecule has 0 spiro atoms.